The molecule has 42 heavy (non-hydrogen) atoms. The van der Waals surface area contributed by atoms with E-state index in [0.29, 0.717) is 5.56 Å². The second kappa shape index (κ2) is 12.2. The number of hydrogen-bond acceptors (Lipinski definition) is 4. The number of rotatable bonds is 10. The van der Waals surface area contributed by atoms with Crippen LogP contribution in [-0.4, -0.2) is 27.7 Å². The van der Waals surface area contributed by atoms with Crippen LogP contribution in [0.1, 0.15) is 16.7 Å². The Balaban J connectivity index is 1.93. The SMILES string of the molecule is O=S(=O)(NCC(Cc1ccccc1)(c1cccc(OC(F)(F)F)c1)c1cccc(OC(F)(F)F)c1)c1ccccc1Cl. The van der Waals surface area contributed by atoms with Gasteiger partial charge in [0.05, 0.1) is 5.02 Å². The highest BCUT2D eigenvalue weighted by Gasteiger charge is 2.39. The van der Waals surface area contributed by atoms with Crippen molar-refractivity contribution in [1.82, 2.24) is 4.72 Å². The summed E-state index contributed by atoms with van der Waals surface area (Å²) in [6.45, 7) is -0.500. The average Bonchev–Trinajstić information content (AvgIpc) is 2.90. The van der Waals surface area contributed by atoms with Crippen molar-refractivity contribution in [3.63, 3.8) is 0 Å². The van der Waals surface area contributed by atoms with Crippen molar-refractivity contribution < 1.29 is 44.2 Å². The van der Waals surface area contributed by atoms with Crippen LogP contribution in [0.4, 0.5) is 26.3 Å². The van der Waals surface area contributed by atoms with E-state index in [9.17, 15) is 34.8 Å². The first-order valence-corrected chi connectivity index (χ1v) is 14.0. The smallest absolute Gasteiger partial charge is 0.406 e. The first-order valence-electron chi connectivity index (χ1n) is 12.2. The molecular weight excluding hydrogens is 608 g/mol. The van der Waals surface area contributed by atoms with E-state index >= 15 is 0 Å². The van der Waals surface area contributed by atoms with Gasteiger partial charge in [-0.2, -0.15) is 0 Å². The number of sulfonamides is 1. The maximum atomic E-state index is 13.4. The Morgan fingerprint density at radius 3 is 1.67 bits per heavy atom. The third-order valence-electron chi connectivity index (χ3n) is 6.28. The molecule has 13 heteroatoms. The highest BCUT2D eigenvalue weighted by atomic mass is 35.5. The molecule has 0 bridgehead atoms. The van der Waals surface area contributed by atoms with Gasteiger partial charge in [0.2, 0.25) is 10.0 Å². The van der Waals surface area contributed by atoms with Gasteiger partial charge in [-0.25, -0.2) is 13.1 Å². The minimum Gasteiger partial charge on any atom is -0.406 e. The fraction of sp³-hybridized carbons (Fsp3) is 0.172. The first-order chi connectivity index (χ1) is 19.7. The molecule has 0 aromatic heterocycles. The van der Waals surface area contributed by atoms with Crippen molar-refractivity contribution in [3.05, 3.63) is 125 Å². The second-order valence-corrected chi connectivity index (χ2v) is 11.3. The van der Waals surface area contributed by atoms with Crippen molar-refractivity contribution in [2.45, 2.75) is 29.5 Å². The van der Waals surface area contributed by atoms with Crippen LogP contribution < -0.4 is 14.2 Å². The van der Waals surface area contributed by atoms with Crippen LogP contribution in [0.5, 0.6) is 11.5 Å². The van der Waals surface area contributed by atoms with E-state index in [1.165, 1.54) is 48.5 Å². The average molecular weight is 630 g/mol. The van der Waals surface area contributed by atoms with Crippen LogP contribution in [0.3, 0.4) is 0 Å². The van der Waals surface area contributed by atoms with Crippen molar-refractivity contribution in [1.29, 1.82) is 0 Å². The highest BCUT2D eigenvalue weighted by molar-refractivity contribution is 7.89. The molecule has 4 aromatic carbocycles. The lowest BCUT2D eigenvalue weighted by atomic mass is 9.70. The van der Waals surface area contributed by atoms with Crippen molar-refractivity contribution in [2.24, 2.45) is 0 Å². The Morgan fingerprint density at radius 1 is 0.667 bits per heavy atom. The highest BCUT2D eigenvalue weighted by Crippen LogP contribution is 2.40. The predicted octanol–water partition coefficient (Wildman–Crippen LogP) is 7.64. The Kier molecular flexibility index (Phi) is 9.09. The van der Waals surface area contributed by atoms with Gasteiger partial charge in [-0.1, -0.05) is 78.3 Å². The van der Waals surface area contributed by atoms with Crippen LogP contribution >= 0.6 is 11.6 Å². The standard InChI is InChI=1S/C29H22ClF6NO4S/c30-25-14-4-5-15-26(25)42(38,39)37-19-27(18-20-8-2-1-3-9-20,21-10-6-12-23(16-21)40-28(31,32)33)22-11-7-13-24(17-22)41-29(34,35)36/h1-17,37H,18-19H2. The summed E-state index contributed by atoms with van der Waals surface area (Å²) in [5.41, 5.74) is -0.719. The zero-order valence-corrected chi connectivity index (χ0v) is 23.0. The largest absolute Gasteiger partial charge is 0.573 e. The molecule has 0 aliphatic heterocycles. The van der Waals surface area contributed by atoms with Crippen LogP contribution in [0.2, 0.25) is 5.02 Å². The Labute approximate surface area is 242 Å². The van der Waals surface area contributed by atoms with Gasteiger partial charge in [-0.05, 0) is 59.5 Å². The quantitative estimate of drug-likeness (QED) is 0.183. The van der Waals surface area contributed by atoms with Crippen molar-refractivity contribution in [2.75, 3.05) is 6.54 Å². The van der Waals surface area contributed by atoms with Crippen molar-refractivity contribution in [3.8, 4) is 11.5 Å². The maximum absolute atomic E-state index is 13.4. The molecule has 222 valence electrons. The molecule has 5 nitrogen and oxygen atoms in total. The summed E-state index contributed by atoms with van der Waals surface area (Å²) in [7, 11) is -4.31. The Bertz CT molecular complexity index is 1570. The van der Waals surface area contributed by atoms with E-state index in [0.717, 1.165) is 24.3 Å². The Morgan fingerprint density at radius 2 is 1.17 bits per heavy atom. The van der Waals surface area contributed by atoms with E-state index in [4.69, 9.17) is 11.6 Å². The number of alkyl halides is 6. The monoisotopic (exact) mass is 629 g/mol. The molecule has 4 rings (SSSR count). The summed E-state index contributed by atoms with van der Waals surface area (Å²) in [4.78, 5) is -0.261. The molecule has 0 atom stereocenters. The van der Waals surface area contributed by atoms with E-state index in [2.05, 4.69) is 14.2 Å². The molecule has 0 saturated carbocycles. The lowest BCUT2D eigenvalue weighted by molar-refractivity contribution is -0.275. The lowest BCUT2D eigenvalue weighted by Gasteiger charge is -2.36. The Hall–Kier alpha value is -3.74. The summed E-state index contributed by atoms with van der Waals surface area (Å²) >= 11 is 6.12. The molecular formula is C29H22ClF6NO4S. The predicted molar refractivity (Wildman–Crippen MR) is 144 cm³/mol. The molecule has 0 amide bonds. The summed E-state index contributed by atoms with van der Waals surface area (Å²) in [6, 6.07) is 23.8. The van der Waals surface area contributed by atoms with E-state index < -0.39 is 46.2 Å². The number of benzene rings is 4. The van der Waals surface area contributed by atoms with Gasteiger partial charge in [-0.3, -0.25) is 0 Å². The molecule has 0 aliphatic carbocycles. The van der Waals surface area contributed by atoms with Gasteiger partial charge in [0.25, 0.3) is 0 Å². The third-order valence-corrected chi connectivity index (χ3v) is 8.18. The van der Waals surface area contributed by atoms with Crippen LogP contribution in [-0.2, 0) is 21.9 Å². The zero-order valence-electron chi connectivity index (χ0n) is 21.4. The molecule has 4 aromatic rings. The second-order valence-electron chi connectivity index (χ2n) is 9.15. The van der Waals surface area contributed by atoms with Crippen LogP contribution in [0.15, 0.2) is 108 Å². The van der Waals surface area contributed by atoms with Gasteiger partial charge in [0.1, 0.15) is 16.4 Å². The molecule has 1 N–H and O–H groups in total. The van der Waals surface area contributed by atoms with Gasteiger partial charge in [0.15, 0.2) is 0 Å². The first kappa shape index (κ1) is 31.2. The third kappa shape index (κ3) is 7.96. The number of nitrogens with one attached hydrogen (secondary N) is 1. The molecule has 0 spiro atoms. The topological polar surface area (TPSA) is 64.6 Å². The lowest BCUT2D eigenvalue weighted by Crippen LogP contribution is -2.43. The fourth-order valence-corrected chi connectivity index (χ4v) is 6.14. The van der Waals surface area contributed by atoms with Crippen LogP contribution in [0.25, 0.3) is 0 Å². The molecule has 0 radical (unpaired) electrons. The summed E-state index contributed by atoms with van der Waals surface area (Å²) < 4.78 is 116. The normalized spacial score (nSPS) is 12.6. The zero-order chi connectivity index (χ0) is 30.6. The van der Waals surface area contributed by atoms with E-state index in [1.54, 1.807) is 30.3 Å². The van der Waals surface area contributed by atoms with E-state index in [-0.39, 0.29) is 27.5 Å². The number of hydrogen-bond donors (Lipinski definition) is 1. The molecule has 0 aliphatic rings. The van der Waals surface area contributed by atoms with Crippen LogP contribution in [0, 0.1) is 0 Å². The summed E-state index contributed by atoms with van der Waals surface area (Å²) in [6.07, 6.45) is -10.1. The molecule has 0 saturated heterocycles. The number of ether oxygens (including phenoxy) is 2. The van der Waals surface area contributed by atoms with Gasteiger partial charge in [-0.15, -0.1) is 26.3 Å². The van der Waals surface area contributed by atoms with E-state index in [1.807, 2.05) is 0 Å². The minimum absolute atomic E-state index is 0.0518. The maximum Gasteiger partial charge on any atom is 0.573 e. The number of halogens is 7. The summed E-state index contributed by atoms with van der Waals surface area (Å²) in [5.74, 6) is -1.21. The van der Waals surface area contributed by atoms with Gasteiger partial charge < -0.3 is 9.47 Å². The van der Waals surface area contributed by atoms with Gasteiger partial charge in [0, 0.05) is 12.0 Å². The molecule has 0 unspecified atom stereocenters. The minimum atomic E-state index is -5.03. The molecule has 0 heterocycles. The van der Waals surface area contributed by atoms with Gasteiger partial charge >= 0.3 is 12.7 Å². The summed E-state index contributed by atoms with van der Waals surface area (Å²) in [5, 5.41) is -0.0835. The van der Waals surface area contributed by atoms with Crippen molar-refractivity contribution >= 4 is 21.6 Å². The molecule has 0 fully saturated rings. The fourth-order valence-electron chi connectivity index (χ4n) is 4.52.